The van der Waals surface area contributed by atoms with Crippen LogP contribution in [0.4, 0.5) is 5.69 Å². The number of nitrogens with zero attached hydrogens (tertiary/aromatic N) is 2. The van der Waals surface area contributed by atoms with Gasteiger partial charge in [0.2, 0.25) is 0 Å². The van der Waals surface area contributed by atoms with Crippen molar-refractivity contribution in [1.82, 2.24) is 0 Å². The van der Waals surface area contributed by atoms with Crippen LogP contribution >= 0.6 is 0 Å². The molecule has 6 heteroatoms. The quantitative estimate of drug-likeness (QED) is 0.875. The molecule has 0 fully saturated rings. The number of carboxylic acids is 1. The highest BCUT2D eigenvalue weighted by Crippen LogP contribution is 2.24. The second-order valence-corrected chi connectivity index (χ2v) is 4.05. The highest BCUT2D eigenvalue weighted by atomic mass is 16.5. The van der Waals surface area contributed by atoms with E-state index < -0.39 is 5.97 Å². The normalized spacial score (nSPS) is 14.5. The highest BCUT2D eigenvalue weighted by molar-refractivity contribution is 6.16. The van der Waals surface area contributed by atoms with Gasteiger partial charge < -0.3 is 9.84 Å². The van der Waals surface area contributed by atoms with Crippen LogP contribution in [0.2, 0.25) is 0 Å². The predicted octanol–water partition coefficient (Wildman–Crippen LogP) is 1.65. The van der Waals surface area contributed by atoms with Gasteiger partial charge in [0.25, 0.3) is 5.91 Å². The third-order valence-electron chi connectivity index (χ3n) is 2.58. The average Bonchev–Trinajstić information content (AvgIpc) is 2.71. The third kappa shape index (κ3) is 3.09. The van der Waals surface area contributed by atoms with Crippen molar-refractivity contribution in [2.75, 3.05) is 11.6 Å². The molecular weight excluding hydrogens is 248 g/mol. The number of carbonyl (C=O) groups is 2. The summed E-state index contributed by atoms with van der Waals surface area (Å²) in [4.78, 5) is 22.4. The van der Waals surface area contributed by atoms with Crippen LogP contribution in [0.15, 0.2) is 29.4 Å². The lowest BCUT2D eigenvalue weighted by Crippen LogP contribution is -2.19. The molecule has 1 aliphatic rings. The van der Waals surface area contributed by atoms with E-state index in [1.807, 2.05) is 6.92 Å². The van der Waals surface area contributed by atoms with Crippen LogP contribution in [0.1, 0.15) is 19.8 Å². The zero-order valence-electron chi connectivity index (χ0n) is 10.5. The summed E-state index contributed by atoms with van der Waals surface area (Å²) in [7, 11) is 0. The molecule has 0 saturated carbocycles. The Morgan fingerprint density at radius 2 is 2.11 bits per heavy atom. The molecule has 1 aromatic rings. The fraction of sp³-hybridized carbons (Fsp3) is 0.308. The summed E-state index contributed by atoms with van der Waals surface area (Å²) in [5.41, 5.74) is 0.972. The van der Waals surface area contributed by atoms with Crippen LogP contribution in [0.25, 0.3) is 0 Å². The Bertz CT molecular complexity index is 522. The first-order valence-corrected chi connectivity index (χ1v) is 5.94. The number of benzene rings is 1. The van der Waals surface area contributed by atoms with E-state index in [9.17, 15) is 9.59 Å². The zero-order chi connectivity index (χ0) is 13.8. The molecule has 0 radical (unpaired) electrons. The minimum absolute atomic E-state index is 0.0551. The smallest absolute Gasteiger partial charge is 0.309 e. The first-order valence-electron chi connectivity index (χ1n) is 5.94. The van der Waals surface area contributed by atoms with Crippen molar-refractivity contribution in [3.63, 3.8) is 0 Å². The molecule has 1 aromatic carbocycles. The van der Waals surface area contributed by atoms with Crippen LogP contribution in [0.3, 0.4) is 0 Å². The van der Waals surface area contributed by atoms with Crippen LogP contribution in [-0.2, 0) is 9.59 Å². The molecule has 0 saturated heterocycles. The first kappa shape index (κ1) is 13.1. The monoisotopic (exact) mass is 262 g/mol. The van der Waals surface area contributed by atoms with Crippen LogP contribution < -0.4 is 9.75 Å². The number of hydrogen-bond donors (Lipinski definition) is 1. The Balaban J connectivity index is 2.14. The third-order valence-corrected chi connectivity index (χ3v) is 2.58. The van der Waals surface area contributed by atoms with Gasteiger partial charge in [-0.1, -0.05) is 0 Å². The lowest BCUT2D eigenvalue weighted by Gasteiger charge is -2.12. The molecule has 0 atom stereocenters. The Labute approximate surface area is 110 Å². The standard InChI is InChI=1S/C13H14N2O4/c1-2-19-11-5-3-10(4-6-11)15-12(16)7-9(14-15)8-13(17)18/h3-6H,2,7-8H2,1H3,(H,17,18). The minimum atomic E-state index is -0.986. The largest absolute Gasteiger partial charge is 0.494 e. The minimum Gasteiger partial charge on any atom is -0.494 e. The summed E-state index contributed by atoms with van der Waals surface area (Å²) in [6, 6.07) is 6.93. The number of carbonyl (C=O) groups excluding carboxylic acids is 1. The second-order valence-electron chi connectivity index (χ2n) is 4.05. The SMILES string of the molecule is CCOc1ccc(N2N=C(CC(=O)O)CC2=O)cc1. The van der Waals surface area contributed by atoms with E-state index in [1.165, 1.54) is 5.01 Å². The molecule has 0 spiro atoms. The average molecular weight is 262 g/mol. The van der Waals surface area contributed by atoms with Gasteiger partial charge in [-0.25, -0.2) is 5.01 Å². The van der Waals surface area contributed by atoms with Gasteiger partial charge in [0.05, 0.1) is 30.8 Å². The lowest BCUT2D eigenvalue weighted by atomic mass is 10.2. The molecule has 0 aromatic heterocycles. The summed E-state index contributed by atoms with van der Waals surface area (Å²) >= 11 is 0. The Morgan fingerprint density at radius 1 is 1.42 bits per heavy atom. The van der Waals surface area contributed by atoms with E-state index in [4.69, 9.17) is 9.84 Å². The summed E-state index contributed by atoms with van der Waals surface area (Å²) in [6.07, 6.45) is -0.154. The maximum Gasteiger partial charge on any atom is 0.309 e. The number of ether oxygens (including phenoxy) is 1. The molecule has 19 heavy (non-hydrogen) atoms. The van der Waals surface area contributed by atoms with E-state index in [0.717, 1.165) is 0 Å². The second kappa shape index (κ2) is 5.51. The number of aliphatic carboxylic acids is 1. The molecule has 0 aliphatic carbocycles. The van der Waals surface area contributed by atoms with E-state index in [1.54, 1.807) is 24.3 Å². The van der Waals surface area contributed by atoms with Crippen molar-refractivity contribution in [2.45, 2.75) is 19.8 Å². The maximum absolute atomic E-state index is 11.8. The van der Waals surface area contributed by atoms with Crippen molar-refractivity contribution < 1.29 is 19.4 Å². The van der Waals surface area contributed by atoms with Crippen molar-refractivity contribution in [2.24, 2.45) is 5.10 Å². The molecule has 100 valence electrons. The number of rotatable bonds is 5. The summed E-state index contributed by atoms with van der Waals surface area (Å²) < 4.78 is 5.31. The molecule has 2 rings (SSSR count). The molecule has 1 amide bonds. The van der Waals surface area contributed by atoms with E-state index in [0.29, 0.717) is 23.8 Å². The van der Waals surface area contributed by atoms with Crippen molar-refractivity contribution in [3.8, 4) is 5.75 Å². The Hall–Kier alpha value is -2.37. The van der Waals surface area contributed by atoms with Gasteiger partial charge >= 0.3 is 5.97 Å². The van der Waals surface area contributed by atoms with Gasteiger partial charge in [0.1, 0.15) is 5.75 Å². The zero-order valence-corrected chi connectivity index (χ0v) is 10.5. The Kier molecular flexibility index (Phi) is 3.79. The summed E-state index contributed by atoms with van der Waals surface area (Å²) in [5.74, 6) is -0.492. The molecule has 0 unspecified atom stereocenters. The van der Waals surface area contributed by atoms with Gasteiger partial charge in [-0.05, 0) is 31.2 Å². The van der Waals surface area contributed by atoms with Gasteiger partial charge in [-0.15, -0.1) is 0 Å². The number of carboxylic acid groups (broad SMARTS) is 1. The fourth-order valence-corrected chi connectivity index (χ4v) is 1.81. The van der Waals surface area contributed by atoms with E-state index in [-0.39, 0.29) is 18.7 Å². The lowest BCUT2D eigenvalue weighted by molar-refractivity contribution is -0.135. The van der Waals surface area contributed by atoms with Gasteiger partial charge in [0, 0.05) is 0 Å². The summed E-state index contributed by atoms with van der Waals surface area (Å²) in [5, 5.41) is 13.9. The molecular formula is C13H14N2O4. The highest BCUT2D eigenvalue weighted by Gasteiger charge is 2.26. The predicted molar refractivity (Wildman–Crippen MR) is 69.4 cm³/mol. The van der Waals surface area contributed by atoms with Crippen LogP contribution in [0.5, 0.6) is 5.75 Å². The summed E-state index contributed by atoms with van der Waals surface area (Å²) in [6.45, 7) is 2.46. The number of amides is 1. The van der Waals surface area contributed by atoms with Crippen molar-refractivity contribution in [1.29, 1.82) is 0 Å². The maximum atomic E-state index is 11.8. The molecule has 1 N–H and O–H groups in total. The topological polar surface area (TPSA) is 79.2 Å². The van der Waals surface area contributed by atoms with Crippen molar-refractivity contribution >= 4 is 23.3 Å². The fourth-order valence-electron chi connectivity index (χ4n) is 1.81. The first-order chi connectivity index (χ1) is 9.10. The van der Waals surface area contributed by atoms with E-state index >= 15 is 0 Å². The number of hydrogen-bond acceptors (Lipinski definition) is 4. The molecule has 0 bridgehead atoms. The van der Waals surface area contributed by atoms with Gasteiger partial charge in [-0.2, -0.15) is 5.10 Å². The van der Waals surface area contributed by atoms with E-state index in [2.05, 4.69) is 5.10 Å². The molecule has 1 aliphatic heterocycles. The van der Waals surface area contributed by atoms with Crippen LogP contribution in [0, 0.1) is 0 Å². The molecule has 1 heterocycles. The molecule has 6 nitrogen and oxygen atoms in total. The number of hydrazone groups is 1. The van der Waals surface area contributed by atoms with Gasteiger partial charge in [0.15, 0.2) is 0 Å². The number of anilines is 1. The Morgan fingerprint density at radius 3 is 2.68 bits per heavy atom. The van der Waals surface area contributed by atoms with Crippen molar-refractivity contribution in [3.05, 3.63) is 24.3 Å². The van der Waals surface area contributed by atoms with Gasteiger partial charge in [-0.3, -0.25) is 9.59 Å². The van der Waals surface area contributed by atoms with Crippen LogP contribution in [-0.4, -0.2) is 29.3 Å².